The Kier molecular flexibility index (Phi) is 6.08. The van der Waals surface area contributed by atoms with Gasteiger partial charge >= 0.3 is 0 Å². The fourth-order valence-electron chi connectivity index (χ4n) is 4.13. The predicted molar refractivity (Wildman–Crippen MR) is 118 cm³/mol. The van der Waals surface area contributed by atoms with E-state index < -0.39 is 11.7 Å². The minimum absolute atomic E-state index is 0.134. The first-order chi connectivity index (χ1) is 15.5. The van der Waals surface area contributed by atoms with Gasteiger partial charge in [-0.2, -0.15) is 10.4 Å². The van der Waals surface area contributed by atoms with Crippen LogP contribution in [-0.2, 0) is 6.54 Å². The molecule has 32 heavy (non-hydrogen) atoms. The molecule has 3 N–H and O–H groups in total. The van der Waals surface area contributed by atoms with E-state index in [1.54, 1.807) is 4.68 Å². The number of benzene rings is 2. The Hall–Kier alpha value is -3.86. The largest absolute Gasteiger partial charge is 0.496 e. The molecule has 0 spiro atoms. The van der Waals surface area contributed by atoms with Gasteiger partial charge in [-0.25, -0.2) is 9.07 Å². The van der Waals surface area contributed by atoms with Gasteiger partial charge in [0.25, 0.3) is 5.91 Å². The second-order valence-electron chi connectivity index (χ2n) is 7.85. The Morgan fingerprint density at radius 3 is 2.66 bits per heavy atom. The summed E-state index contributed by atoms with van der Waals surface area (Å²) in [6.07, 6.45) is 4.39. The van der Waals surface area contributed by atoms with E-state index in [1.807, 2.05) is 24.3 Å². The molecule has 1 fully saturated rings. The summed E-state index contributed by atoms with van der Waals surface area (Å²) in [6.45, 7) is 0.248. The average Bonchev–Trinajstić information content (AvgIpc) is 3.45. The summed E-state index contributed by atoms with van der Waals surface area (Å²) < 4.78 is 20.2. The van der Waals surface area contributed by atoms with Gasteiger partial charge in [-0.05, 0) is 48.7 Å². The van der Waals surface area contributed by atoms with Gasteiger partial charge < -0.3 is 15.8 Å². The zero-order valence-corrected chi connectivity index (χ0v) is 17.8. The first-order valence-electron chi connectivity index (χ1n) is 10.5. The van der Waals surface area contributed by atoms with Crippen molar-refractivity contribution in [3.05, 3.63) is 70.8 Å². The number of rotatable bonds is 6. The second kappa shape index (κ2) is 9.10. The van der Waals surface area contributed by atoms with E-state index >= 15 is 0 Å². The number of nitrogens with two attached hydrogens (primary N) is 1. The highest BCUT2D eigenvalue weighted by Gasteiger charge is 2.26. The van der Waals surface area contributed by atoms with Crippen LogP contribution in [0.15, 0.2) is 42.5 Å². The van der Waals surface area contributed by atoms with Crippen LogP contribution in [-0.4, -0.2) is 22.8 Å². The maximum Gasteiger partial charge on any atom is 0.255 e. The Balaban J connectivity index is 1.50. The number of carbonyl (C=O) groups is 1. The van der Waals surface area contributed by atoms with Crippen molar-refractivity contribution < 1.29 is 13.9 Å². The summed E-state index contributed by atoms with van der Waals surface area (Å²) in [6, 6.07) is 13.3. The number of amides is 1. The van der Waals surface area contributed by atoms with Gasteiger partial charge in [0.1, 0.15) is 17.6 Å². The Morgan fingerprint density at radius 2 is 2.00 bits per heavy atom. The molecule has 0 saturated heterocycles. The van der Waals surface area contributed by atoms with Crippen LogP contribution in [0.2, 0.25) is 0 Å². The highest BCUT2D eigenvalue weighted by atomic mass is 19.1. The summed E-state index contributed by atoms with van der Waals surface area (Å²) in [5, 5.41) is 17.0. The molecule has 0 aliphatic heterocycles. The number of halogens is 1. The number of nitrogens with one attached hydrogen (secondary N) is 1. The third-order valence-corrected chi connectivity index (χ3v) is 5.84. The summed E-state index contributed by atoms with van der Waals surface area (Å²) in [4.78, 5) is 12.5. The van der Waals surface area contributed by atoms with Gasteiger partial charge in [-0.1, -0.05) is 25.0 Å². The standard InChI is InChI=1S/C24H24FN5O2/c1-32-21-11-8-17(25)12-19(21)24(31)28-14-15-6-9-18(10-7-15)30-20(13-26)22(27)23(29-30)16-4-2-3-5-16/h6-12,16H,2-5,14,27H2,1H3,(H,28,31). The minimum Gasteiger partial charge on any atom is -0.496 e. The Labute approximate surface area is 185 Å². The van der Waals surface area contributed by atoms with Crippen molar-refractivity contribution in [3.8, 4) is 17.5 Å². The first-order valence-corrected chi connectivity index (χ1v) is 10.5. The molecule has 164 valence electrons. The molecular weight excluding hydrogens is 409 g/mol. The maximum atomic E-state index is 13.5. The highest BCUT2D eigenvalue weighted by Crippen LogP contribution is 2.37. The van der Waals surface area contributed by atoms with Gasteiger partial charge in [0.2, 0.25) is 0 Å². The molecule has 7 nitrogen and oxygen atoms in total. The molecular formula is C24H24FN5O2. The summed E-state index contributed by atoms with van der Waals surface area (Å²) in [5.41, 5.74) is 9.54. The van der Waals surface area contributed by atoms with E-state index in [0.717, 1.165) is 48.7 Å². The van der Waals surface area contributed by atoms with Crippen LogP contribution in [0.5, 0.6) is 5.75 Å². The lowest BCUT2D eigenvalue weighted by Gasteiger charge is -2.10. The molecule has 1 aliphatic rings. The lowest BCUT2D eigenvalue weighted by atomic mass is 10.0. The number of aromatic nitrogens is 2. The normalized spacial score (nSPS) is 13.7. The number of nitriles is 1. The number of methoxy groups -OCH3 is 1. The maximum absolute atomic E-state index is 13.5. The van der Waals surface area contributed by atoms with Crippen LogP contribution in [0.25, 0.3) is 5.69 Å². The van der Waals surface area contributed by atoms with E-state index in [0.29, 0.717) is 23.0 Å². The van der Waals surface area contributed by atoms with Crippen LogP contribution in [0, 0.1) is 17.1 Å². The average molecular weight is 433 g/mol. The highest BCUT2D eigenvalue weighted by molar-refractivity contribution is 5.96. The third kappa shape index (κ3) is 4.14. The molecule has 0 atom stereocenters. The lowest BCUT2D eigenvalue weighted by Crippen LogP contribution is -2.23. The third-order valence-electron chi connectivity index (χ3n) is 5.84. The fraction of sp³-hybridized carbons (Fsp3) is 0.292. The SMILES string of the molecule is COc1ccc(F)cc1C(=O)NCc1ccc(-n2nc(C3CCCC3)c(N)c2C#N)cc1. The van der Waals surface area contributed by atoms with Gasteiger partial charge in [0, 0.05) is 12.5 Å². The zero-order chi connectivity index (χ0) is 22.7. The molecule has 1 aliphatic carbocycles. The predicted octanol–water partition coefficient (Wildman–Crippen LogP) is 4.06. The Morgan fingerprint density at radius 1 is 1.28 bits per heavy atom. The molecule has 1 aromatic heterocycles. The number of ether oxygens (including phenoxy) is 1. The van der Waals surface area contributed by atoms with Gasteiger partial charge in [-0.3, -0.25) is 4.79 Å². The number of nitrogen functional groups attached to an aromatic ring is 1. The molecule has 4 rings (SSSR count). The molecule has 3 aromatic rings. The van der Waals surface area contributed by atoms with E-state index in [-0.39, 0.29) is 12.1 Å². The molecule has 1 heterocycles. The van der Waals surface area contributed by atoms with E-state index in [9.17, 15) is 14.4 Å². The monoisotopic (exact) mass is 433 g/mol. The zero-order valence-electron chi connectivity index (χ0n) is 17.8. The molecule has 0 unspecified atom stereocenters. The Bertz CT molecular complexity index is 1170. The molecule has 1 amide bonds. The number of hydrogen-bond donors (Lipinski definition) is 2. The molecule has 8 heteroatoms. The van der Waals surface area contributed by atoms with Gasteiger partial charge in [0.05, 0.1) is 29.7 Å². The van der Waals surface area contributed by atoms with Crippen LogP contribution in [0.3, 0.4) is 0 Å². The van der Waals surface area contributed by atoms with Crippen LogP contribution in [0.1, 0.15) is 58.9 Å². The summed E-state index contributed by atoms with van der Waals surface area (Å²) in [5.74, 6) is -0.336. The summed E-state index contributed by atoms with van der Waals surface area (Å²) >= 11 is 0. The van der Waals surface area contributed by atoms with Gasteiger partial charge in [0.15, 0.2) is 5.69 Å². The van der Waals surface area contributed by atoms with Crippen molar-refractivity contribution in [1.29, 1.82) is 5.26 Å². The van der Waals surface area contributed by atoms with Crippen molar-refractivity contribution in [3.63, 3.8) is 0 Å². The lowest BCUT2D eigenvalue weighted by molar-refractivity contribution is 0.0947. The van der Waals surface area contributed by atoms with Crippen molar-refractivity contribution in [2.24, 2.45) is 0 Å². The summed E-state index contributed by atoms with van der Waals surface area (Å²) in [7, 11) is 1.43. The topological polar surface area (TPSA) is 106 Å². The smallest absolute Gasteiger partial charge is 0.255 e. The molecule has 1 saturated carbocycles. The molecule has 0 radical (unpaired) electrons. The second-order valence-corrected chi connectivity index (χ2v) is 7.85. The van der Waals surface area contributed by atoms with Crippen molar-refractivity contribution in [2.75, 3.05) is 12.8 Å². The fourth-order valence-corrected chi connectivity index (χ4v) is 4.13. The van der Waals surface area contributed by atoms with Crippen molar-refractivity contribution in [1.82, 2.24) is 15.1 Å². The first kappa shape index (κ1) is 21.4. The van der Waals surface area contributed by atoms with E-state index in [2.05, 4.69) is 16.5 Å². The van der Waals surface area contributed by atoms with Crippen molar-refractivity contribution >= 4 is 11.6 Å². The van der Waals surface area contributed by atoms with Crippen LogP contribution < -0.4 is 15.8 Å². The minimum atomic E-state index is -0.510. The van der Waals surface area contributed by atoms with Crippen LogP contribution in [0.4, 0.5) is 10.1 Å². The van der Waals surface area contributed by atoms with E-state index in [4.69, 9.17) is 10.5 Å². The number of anilines is 1. The molecule has 2 aromatic carbocycles. The van der Waals surface area contributed by atoms with Gasteiger partial charge in [-0.15, -0.1) is 0 Å². The number of carbonyl (C=O) groups excluding carboxylic acids is 1. The number of hydrogen-bond acceptors (Lipinski definition) is 5. The number of nitrogens with zero attached hydrogens (tertiary/aromatic N) is 3. The van der Waals surface area contributed by atoms with Crippen molar-refractivity contribution in [2.45, 2.75) is 38.1 Å². The van der Waals surface area contributed by atoms with E-state index in [1.165, 1.54) is 19.2 Å². The van der Waals surface area contributed by atoms with Crippen LogP contribution >= 0.6 is 0 Å². The quantitative estimate of drug-likeness (QED) is 0.610. The molecule has 0 bridgehead atoms.